The Morgan fingerprint density at radius 1 is 0.625 bits per heavy atom. The Bertz CT molecular complexity index is 2640. The van der Waals surface area contributed by atoms with Crippen molar-refractivity contribution >= 4 is 44.0 Å². The molecule has 3 heterocycles. The number of nitrogens with zero attached hydrogens (tertiary/aromatic N) is 2. The molecule has 0 saturated heterocycles. The Hall–Kier alpha value is -6.13. The second-order valence-electron chi connectivity index (χ2n) is 12.7. The number of rotatable bonds is 4. The van der Waals surface area contributed by atoms with Gasteiger partial charge >= 0.3 is 0 Å². The van der Waals surface area contributed by atoms with Crippen LogP contribution in [-0.2, 0) is 6.42 Å². The van der Waals surface area contributed by atoms with E-state index < -0.39 is 0 Å². The van der Waals surface area contributed by atoms with Crippen molar-refractivity contribution in [2.24, 2.45) is 4.99 Å². The summed E-state index contributed by atoms with van der Waals surface area (Å²) in [6.07, 6.45) is 3.90. The molecule has 1 aliphatic carbocycles. The Kier molecular flexibility index (Phi) is 6.03. The molecular formula is C44H31N3O. The van der Waals surface area contributed by atoms with Crippen molar-refractivity contribution in [1.29, 1.82) is 0 Å². The van der Waals surface area contributed by atoms with Gasteiger partial charge in [0.2, 0.25) is 0 Å². The lowest BCUT2D eigenvalue weighted by Gasteiger charge is -2.26. The van der Waals surface area contributed by atoms with E-state index >= 15 is 0 Å². The first kappa shape index (κ1) is 27.0. The van der Waals surface area contributed by atoms with Gasteiger partial charge in [-0.15, -0.1) is 0 Å². The highest BCUT2D eigenvalue weighted by molar-refractivity contribution is 6.09. The van der Waals surface area contributed by atoms with Gasteiger partial charge in [-0.2, -0.15) is 0 Å². The van der Waals surface area contributed by atoms with Crippen molar-refractivity contribution in [1.82, 2.24) is 9.88 Å². The summed E-state index contributed by atoms with van der Waals surface area (Å²) in [7, 11) is 0. The van der Waals surface area contributed by atoms with Gasteiger partial charge < -0.3 is 14.3 Å². The van der Waals surface area contributed by atoms with Crippen LogP contribution in [0.2, 0.25) is 0 Å². The van der Waals surface area contributed by atoms with Gasteiger partial charge in [-0.3, -0.25) is 4.99 Å². The van der Waals surface area contributed by atoms with Gasteiger partial charge in [0.05, 0.1) is 22.1 Å². The summed E-state index contributed by atoms with van der Waals surface area (Å²) in [5.74, 6) is 1.03. The van der Waals surface area contributed by atoms with Gasteiger partial charge in [-0.1, -0.05) is 115 Å². The number of furan rings is 1. The molecule has 0 spiro atoms. The second-order valence-corrected chi connectivity index (χ2v) is 12.7. The largest absolute Gasteiger partial charge is 0.460 e. The van der Waals surface area contributed by atoms with Crippen LogP contribution in [0.3, 0.4) is 0 Å². The predicted molar refractivity (Wildman–Crippen MR) is 195 cm³/mol. The molecule has 0 bridgehead atoms. The summed E-state index contributed by atoms with van der Waals surface area (Å²) in [6, 6.07) is 51.7. The molecule has 2 aromatic heterocycles. The average molecular weight is 618 g/mol. The highest BCUT2D eigenvalue weighted by atomic mass is 16.3. The zero-order chi connectivity index (χ0) is 31.6. The molecule has 2 aliphatic rings. The third kappa shape index (κ3) is 4.19. The third-order valence-electron chi connectivity index (χ3n) is 9.91. The summed E-state index contributed by atoms with van der Waals surface area (Å²) in [4.78, 5) is 5.28. The molecule has 48 heavy (non-hydrogen) atoms. The molecule has 0 saturated carbocycles. The quantitative estimate of drug-likeness (QED) is 0.214. The molecule has 8 aromatic rings. The van der Waals surface area contributed by atoms with Crippen LogP contribution < -0.4 is 15.9 Å². The van der Waals surface area contributed by atoms with Gasteiger partial charge in [0.1, 0.15) is 17.5 Å². The SMILES string of the molecule is C1=C(C2N=c3ccccc3=C(c3ccc(-c4ccccc4)cc3)N2)c2c(oc3cc(-n4c5ccccc5c5ccccc54)ccc23)CC1. The number of fused-ring (bicyclic) bond motifs is 7. The maximum Gasteiger partial charge on any atom is 0.145 e. The first-order valence-electron chi connectivity index (χ1n) is 16.6. The number of allylic oxidation sites excluding steroid dienone is 1. The Morgan fingerprint density at radius 2 is 1.29 bits per heavy atom. The molecule has 1 N–H and O–H groups in total. The van der Waals surface area contributed by atoms with Gasteiger partial charge in [0.15, 0.2) is 0 Å². The minimum absolute atomic E-state index is 0.236. The minimum atomic E-state index is -0.236. The van der Waals surface area contributed by atoms with E-state index in [-0.39, 0.29) is 6.17 Å². The highest BCUT2D eigenvalue weighted by Gasteiger charge is 2.28. The molecule has 4 heteroatoms. The van der Waals surface area contributed by atoms with E-state index in [9.17, 15) is 0 Å². The van der Waals surface area contributed by atoms with Crippen LogP contribution in [0.1, 0.15) is 23.3 Å². The van der Waals surface area contributed by atoms with Crippen LogP contribution in [0.4, 0.5) is 0 Å². The number of para-hydroxylation sites is 3. The molecule has 1 atom stereocenters. The number of aryl methyl sites for hydroxylation is 1. The maximum absolute atomic E-state index is 6.68. The van der Waals surface area contributed by atoms with Gasteiger partial charge in [0, 0.05) is 50.7 Å². The lowest BCUT2D eigenvalue weighted by atomic mass is 9.91. The maximum atomic E-state index is 6.68. The van der Waals surface area contributed by atoms with E-state index in [2.05, 4.69) is 162 Å². The number of aromatic nitrogens is 1. The molecule has 6 aromatic carbocycles. The molecule has 4 nitrogen and oxygen atoms in total. The third-order valence-corrected chi connectivity index (χ3v) is 9.91. The van der Waals surface area contributed by atoms with Gasteiger partial charge in [0.25, 0.3) is 0 Å². The number of hydrogen-bond acceptors (Lipinski definition) is 3. The highest BCUT2D eigenvalue weighted by Crippen LogP contribution is 2.40. The van der Waals surface area contributed by atoms with Crippen molar-refractivity contribution < 1.29 is 4.42 Å². The Balaban J connectivity index is 1.06. The molecule has 0 fully saturated rings. The van der Waals surface area contributed by atoms with E-state index in [1.165, 1.54) is 44.1 Å². The van der Waals surface area contributed by atoms with E-state index in [0.717, 1.165) is 57.1 Å². The molecule has 0 radical (unpaired) electrons. The Labute approximate surface area is 277 Å². The van der Waals surface area contributed by atoms with Crippen LogP contribution in [0.5, 0.6) is 0 Å². The molecular weight excluding hydrogens is 587 g/mol. The van der Waals surface area contributed by atoms with Crippen molar-refractivity contribution in [3.05, 3.63) is 179 Å². The standard InChI is InChI=1S/C44H31N3O/c1-2-11-28(12-3-1)29-21-23-30(24-22-29)43-34-15-4-7-17-37(34)45-44(46-43)36-16-10-20-40-42(36)35-26-25-31(27-41(35)48-40)47-38-18-8-5-13-32(38)33-14-6-9-19-39(33)47/h1-9,11-19,21-27,44,46H,10,20H2. The van der Waals surface area contributed by atoms with E-state index in [4.69, 9.17) is 9.41 Å². The number of hydrogen-bond donors (Lipinski definition) is 1. The fourth-order valence-electron chi connectivity index (χ4n) is 7.71. The molecule has 1 unspecified atom stereocenters. The molecule has 0 amide bonds. The molecule has 228 valence electrons. The van der Waals surface area contributed by atoms with Gasteiger partial charge in [-0.05, 0) is 53.4 Å². The first-order chi connectivity index (χ1) is 23.8. The van der Waals surface area contributed by atoms with E-state index in [1.807, 2.05) is 0 Å². The first-order valence-corrected chi connectivity index (χ1v) is 16.6. The predicted octanol–water partition coefficient (Wildman–Crippen LogP) is 8.93. The van der Waals surface area contributed by atoms with E-state index in [0.29, 0.717) is 0 Å². The minimum Gasteiger partial charge on any atom is -0.460 e. The lowest BCUT2D eigenvalue weighted by Crippen LogP contribution is -2.44. The van der Waals surface area contributed by atoms with Crippen LogP contribution in [-0.4, -0.2) is 10.7 Å². The summed E-state index contributed by atoms with van der Waals surface area (Å²) in [6.45, 7) is 0. The summed E-state index contributed by atoms with van der Waals surface area (Å²) in [5, 5.41) is 9.61. The smallest absolute Gasteiger partial charge is 0.145 e. The zero-order valence-corrected chi connectivity index (χ0v) is 26.2. The summed E-state index contributed by atoms with van der Waals surface area (Å²) >= 11 is 0. The number of benzene rings is 6. The van der Waals surface area contributed by atoms with Crippen LogP contribution in [0, 0.1) is 0 Å². The monoisotopic (exact) mass is 617 g/mol. The zero-order valence-electron chi connectivity index (χ0n) is 26.2. The second kappa shape index (κ2) is 10.7. The molecule has 1 aliphatic heterocycles. The van der Waals surface area contributed by atoms with Crippen LogP contribution >= 0.6 is 0 Å². The Morgan fingerprint density at radius 3 is 2.08 bits per heavy atom. The topological polar surface area (TPSA) is 42.5 Å². The average Bonchev–Trinajstić information content (AvgIpc) is 3.70. The normalized spacial score (nSPS) is 15.5. The van der Waals surface area contributed by atoms with Crippen molar-refractivity contribution in [2.45, 2.75) is 19.0 Å². The lowest BCUT2D eigenvalue weighted by molar-refractivity contribution is 0.542. The summed E-state index contributed by atoms with van der Waals surface area (Å²) in [5.41, 5.74) is 11.4. The fourth-order valence-corrected chi connectivity index (χ4v) is 7.71. The van der Waals surface area contributed by atoms with Crippen LogP contribution in [0.15, 0.2) is 161 Å². The number of nitrogens with one attached hydrogen (secondary N) is 1. The fraction of sp³-hybridized carbons (Fsp3) is 0.0682. The summed E-state index contributed by atoms with van der Waals surface area (Å²) < 4.78 is 9.03. The van der Waals surface area contributed by atoms with Crippen molar-refractivity contribution in [3.8, 4) is 16.8 Å². The van der Waals surface area contributed by atoms with Crippen LogP contribution in [0.25, 0.3) is 60.9 Å². The van der Waals surface area contributed by atoms with Gasteiger partial charge in [-0.25, -0.2) is 0 Å². The molecule has 10 rings (SSSR count). The van der Waals surface area contributed by atoms with E-state index in [1.54, 1.807) is 0 Å². The van der Waals surface area contributed by atoms with Crippen molar-refractivity contribution in [3.63, 3.8) is 0 Å². The van der Waals surface area contributed by atoms with Crippen molar-refractivity contribution in [2.75, 3.05) is 0 Å².